The molecule has 0 fully saturated rings. The third kappa shape index (κ3) is 6.16. The van der Waals surface area contributed by atoms with Crippen molar-refractivity contribution >= 4 is 38.9 Å². The molecule has 5 aromatic rings. The summed E-state index contributed by atoms with van der Waals surface area (Å²) in [5, 5.41) is 21.3. The maximum absolute atomic E-state index is 14.1. The van der Waals surface area contributed by atoms with Crippen molar-refractivity contribution in [2.75, 3.05) is 11.9 Å². The summed E-state index contributed by atoms with van der Waals surface area (Å²) in [5.74, 6) is -2.22. The normalized spacial score (nSPS) is 13.6. The quantitative estimate of drug-likeness (QED) is 0.0723. The molecule has 13 heteroatoms. The van der Waals surface area contributed by atoms with Crippen LogP contribution in [-0.2, 0) is 19.6 Å². The lowest BCUT2D eigenvalue weighted by atomic mass is 9.82. The fraction of sp³-hybridized carbons (Fsp3) is 0.226. The van der Waals surface area contributed by atoms with E-state index in [0.29, 0.717) is 46.5 Å². The van der Waals surface area contributed by atoms with Gasteiger partial charge in [-0.2, -0.15) is 14.8 Å². The van der Waals surface area contributed by atoms with Crippen LogP contribution in [0.15, 0.2) is 89.1 Å². The van der Waals surface area contributed by atoms with Gasteiger partial charge >= 0.3 is 5.97 Å². The first-order valence-corrected chi connectivity index (χ1v) is 15.3. The lowest BCUT2D eigenvalue weighted by Gasteiger charge is -2.34. The molecule has 5 rings (SSSR count). The van der Waals surface area contributed by atoms with Gasteiger partial charge in [0.05, 0.1) is 16.6 Å². The van der Waals surface area contributed by atoms with Crippen molar-refractivity contribution in [3.63, 3.8) is 0 Å². The van der Waals surface area contributed by atoms with Crippen molar-refractivity contribution in [2.45, 2.75) is 43.2 Å². The van der Waals surface area contributed by atoms with Gasteiger partial charge < -0.3 is 15.4 Å². The Balaban J connectivity index is 1.57. The average Bonchev–Trinajstić information content (AvgIpc) is 3.68. The highest BCUT2D eigenvalue weighted by atomic mass is 32.2. The molecule has 5 N–H and O–H groups in total. The number of nitrogens with zero attached hydrogens (tertiary/aromatic N) is 3. The molecule has 226 valence electrons. The van der Waals surface area contributed by atoms with Gasteiger partial charge in [0, 0.05) is 30.2 Å². The van der Waals surface area contributed by atoms with Crippen molar-refractivity contribution in [1.29, 1.82) is 0 Å². The maximum atomic E-state index is 14.1. The summed E-state index contributed by atoms with van der Waals surface area (Å²) >= 11 is 0. The Hall–Kier alpha value is -5.10. The summed E-state index contributed by atoms with van der Waals surface area (Å²) < 4.78 is 30.6. The van der Waals surface area contributed by atoms with Crippen LogP contribution in [0.1, 0.15) is 35.4 Å². The molecule has 12 nitrogen and oxygen atoms in total. The number of anilines is 1. The number of aliphatic carboxylic acids is 1. The van der Waals surface area contributed by atoms with E-state index in [1.807, 2.05) is 30.3 Å². The van der Waals surface area contributed by atoms with Crippen LogP contribution in [-0.4, -0.2) is 57.9 Å². The molecule has 1 unspecified atom stereocenters. The van der Waals surface area contributed by atoms with Crippen LogP contribution in [0.2, 0.25) is 0 Å². The number of aromatic nitrogens is 4. The number of H-pyrrole nitrogens is 2. The molecule has 0 saturated carbocycles. The Morgan fingerprint density at radius 1 is 1.09 bits per heavy atom. The number of carboxylic acid groups (broad SMARTS) is 1. The molecule has 0 aliphatic heterocycles. The number of benzene rings is 3. The number of hydrogen-bond donors (Lipinski definition) is 5. The summed E-state index contributed by atoms with van der Waals surface area (Å²) in [4.78, 5) is 35.6. The Bertz CT molecular complexity index is 1910. The number of sulfonamides is 1. The number of fused-ring (bicyclic) bond motifs is 1. The highest BCUT2D eigenvalue weighted by molar-refractivity contribution is 7.89. The fourth-order valence-corrected chi connectivity index (χ4v) is 7.33. The summed E-state index contributed by atoms with van der Waals surface area (Å²) in [7, 11) is -4.55. The fourth-order valence-electron chi connectivity index (χ4n) is 5.58. The molecule has 0 aliphatic carbocycles. The van der Waals surface area contributed by atoms with Crippen molar-refractivity contribution in [1.82, 2.24) is 24.9 Å². The number of aryl methyl sites for hydroxylation is 2. The zero-order chi connectivity index (χ0) is 31.3. The lowest BCUT2D eigenvalue weighted by Crippen LogP contribution is -2.57. The van der Waals surface area contributed by atoms with Crippen LogP contribution in [0.3, 0.4) is 0 Å². The average molecular weight is 614 g/mol. The van der Waals surface area contributed by atoms with Crippen LogP contribution in [0.5, 0.6) is 0 Å². The number of nitrogens with one attached hydrogen (secondary N) is 4. The van der Waals surface area contributed by atoms with Gasteiger partial charge in [0.25, 0.3) is 0 Å². The van der Waals surface area contributed by atoms with Crippen LogP contribution in [0.4, 0.5) is 5.95 Å². The minimum Gasteiger partial charge on any atom is -0.478 e. The molecule has 2 aromatic heterocycles. The van der Waals surface area contributed by atoms with Gasteiger partial charge in [0.1, 0.15) is 0 Å². The van der Waals surface area contributed by atoms with Crippen molar-refractivity contribution in [3.05, 3.63) is 95.9 Å². The second-order valence-electron chi connectivity index (χ2n) is 10.5. The monoisotopic (exact) mass is 613 g/mol. The van der Waals surface area contributed by atoms with E-state index in [1.54, 1.807) is 62.8 Å². The first-order valence-electron chi connectivity index (χ1n) is 13.8. The molecule has 2 heterocycles. The molecule has 0 saturated heterocycles. The van der Waals surface area contributed by atoms with Gasteiger partial charge in [-0.3, -0.25) is 5.10 Å². The number of hydrogen-bond acceptors (Lipinski definition) is 8. The molecular formula is C31H31N7O5S. The number of aliphatic imine (C=N–C) groups is 1. The number of rotatable bonds is 13. The molecule has 2 atom stereocenters. The Morgan fingerprint density at radius 3 is 2.50 bits per heavy atom. The number of aromatic amines is 2. The van der Waals surface area contributed by atoms with Crippen LogP contribution < -0.4 is 10.0 Å². The van der Waals surface area contributed by atoms with E-state index in [4.69, 9.17) is 0 Å². The molecular weight excluding hydrogens is 582 g/mol. The zero-order valence-electron chi connectivity index (χ0n) is 24.0. The molecule has 3 aromatic carbocycles. The van der Waals surface area contributed by atoms with Gasteiger partial charge in [0.2, 0.25) is 21.8 Å². The zero-order valence-corrected chi connectivity index (χ0v) is 24.9. The summed E-state index contributed by atoms with van der Waals surface area (Å²) in [6.07, 6.45) is 6.66. The lowest BCUT2D eigenvalue weighted by molar-refractivity contribution is -0.144. The summed E-state index contributed by atoms with van der Waals surface area (Å²) in [6.45, 7) is 3.67. The predicted octanol–water partition coefficient (Wildman–Crippen LogP) is 4.64. The Labute approximate surface area is 253 Å². The van der Waals surface area contributed by atoms with E-state index in [-0.39, 0.29) is 11.3 Å². The number of carbonyl (C=O) groups excluding carboxylic acids is 1. The van der Waals surface area contributed by atoms with Crippen molar-refractivity contribution in [2.24, 2.45) is 4.99 Å². The third-order valence-electron chi connectivity index (χ3n) is 7.51. The highest BCUT2D eigenvalue weighted by Gasteiger charge is 2.50. The third-order valence-corrected chi connectivity index (χ3v) is 9.27. The minimum absolute atomic E-state index is 0.0903. The van der Waals surface area contributed by atoms with Crippen LogP contribution in [0.25, 0.3) is 22.0 Å². The molecule has 44 heavy (non-hydrogen) atoms. The van der Waals surface area contributed by atoms with Gasteiger partial charge in [-0.25, -0.2) is 23.0 Å². The number of carboxylic acids is 1. The SMILES string of the molecule is Cc1cc(-c2ccccc2)cc(C)c1S(=O)(=O)N[C@](N=C=O)(C(=O)O)C(CCCNc1ncc[nH]1)c1ccc2[nH]ncc2c1. The van der Waals surface area contributed by atoms with Crippen LogP contribution in [0, 0.1) is 13.8 Å². The van der Waals surface area contributed by atoms with Gasteiger partial charge in [-0.15, -0.1) is 0 Å². The van der Waals surface area contributed by atoms with Gasteiger partial charge in [-0.05, 0) is 66.6 Å². The Morgan fingerprint density at radius 2 is 1.84 bits per heavy atom. The minimum atomic E-state index is -4.55. The first-order chi connectivity index (χ1) is 21.1. The van der Waals surface area contributed by atoms with E-state index < -0.39 is 27.6 Å². The van der Waals surface area contributed by atoms with E-state index in [1.165, 1.54) is 6.08 Å². The largest absolute Gasteiger partial charge is 0.478 e. The topological polar surface area (TPSA) is 182 Å². The van der Waals surface area contributed by atoms with E-state index in [2.05, 4.69) is 35.2 Å². The second-order valence-corrected chi connectivity index (χ2v) is 12.1. The van der Waals surface area contributed by atoms with Crippen LogP contribution >= 0.6 is 0 Å². The second kappa shape index (κ2) is 12.6. The predicted molar refractivity (Wildman–Crippen MR) is 165 cm³/mol. The highest BCUT2D eigenvalue weighted by Crippen LogP contribution is 2.38. The summed E-state index contributed by atoms with van der Waals surface area (Å²) in [6, 6.07) is 18.0. The molecule has 0 spiro atoms. The standard InChI is InChI=1S/C31H31N7O5S/c1-20-15-24(22-7-4-3-5-8-22)16-21(2)28(20)44(42,43)38-31(29(40)41,35-19-39)26(9-6-12-32-30-33-13-14-34-30)23-10-11-27-25(17-23)18-36-37-27/h3-5,7-8,10-11,13-18,26,38H,6,9,12H2,1-2H3,(H,36,37)(H,40,41)(H2,32,33,34)/t26?,31-/m0/s1. The number of carbonyl (C=O) groups is 1. The molecule has 0 bridgehead atoms. The number of imidazole rings is 1. The van der Waals surface area contributed by atoms with E-state index >= 15 is 0 Å². The van der Waals surface area contributed by atoms with Crippen molar-refractivity contribution in [3.8, 4) is 11.1 Å². The molecule has 0 radical (unpaired) electrons. The smallest absolute Gasteiger partial charge is 0.349 e. The van der Waals surface area contributed by atoms with Crippen molar-refractivity contribution < 1.29 is 23.1 Å². The van der Waals surface area contributed by atoms with E-state index in [0.717, 1.165) is 11.1 Å². The first kappa shape index (κ1) is 30.4. The maximum Gasteiger partial charge on any atom is 0.349 e. The van der Waals surface area contributed by atoms with Gasteiger partial charge in [-0.1, -0.05) is 48.5 Å². The number of isocyanates is 1. The molecule has 0 amide bonds. The summed E-state index contributed by atoms with van der Waals surface area (Å²) in [5.41, 5.74) is 1.07. The van der Waals surface area contributed by atoms with E-state index in [9.17, 15) is 23.1 Å². The van der Waals surface area contributed by atoms with Gasteiger partial charge in [0.15, 0.2) is 5.95 Å². The molecule has 0 aliphatic rings. The Kier molecular flexibility index (Phi) is 8.72.